The summed E-state index contributed by atoms with van der Waals surface area (Å²) in [5, 5.41) is 21.5. The van der Waals surface area contributed by atoms with E-state index >= 15 is 0 Å². The van der Waals surface area contributed by atoms with Crippen molar-refractivity contribution in [2.75, 3.05) is 19.6 Å². The fourth-order valence-electron chi connectivity index (χ4n) is 2.30. The van der Waals surface area contributed by atoms with Gasteiger partial charge < -0.3 is 5.32 Å². The Morgan fingerprint density at radius 2 is 1.64 bits per heavy atom. The summed E-state index contributed by atoms with van der Waals surface area (Å²) in [5.41, 5.74) is 1.53. The van der Waals surface area contributed by atoms with Crippen LogP contribution in [0.2, 0.25) is 0 Å². The van der Waals surface area contributed by atoms with E-state index in [0.717, 1.165) is 38.5 Å². The van der Waals surface area contributed by atoms with Gasteiger partial charge in [-0.3, -0.25) is 24.8 Å². The number of Topliss-reactive ketones (excluding diaryl/α,β-unsaturated/α-hetero) is 1. The quantitative estimate of drug-likeness (QED) is 0.189. The van der Waals surface area contributed by atoms with E-state index in [-0.39, 0.29) is 31.7 Å². The second-order valence-corrected chi connectivity index (χ2v) is 6.14. The van der Waals surface area contributed by atoms with E-state index in [1.165, 1.54) is 5.48 Å². The molecule has 0 aromatic heterocycles. The molecule has 4 N–H and O–H groups in total. The molecule has 25 heavy (non-hydrogen) atoms. The standard InChI is InChI=1S/C17H33N3O5/c1-2-3-4-6-9-15(21)10-11-17(23)20(25)13-8-5-7-12-18-14-16(22)19-24/h18,24-25H,2-14H2,1H3,(H,19,22). The van der Waals surface area contributed by atoms with Crippen LogP contribution in [0.15, 0.2) is 0 Å². The summed E-state index contributed by atoms with van der Waals surface area (Å²) in [5.74, 6) is -0.831. The van der Waals surface area contributed by atoms with E-state index < -0.39 is 11.8 Å². The average Bonchev–Trinajstić information content (AvgIpc) is 2.61. The zero-order valence-corrected chi connectivity index (χ0v) is 15.3. The maximum Gasteiger partial charge on any atom is 0.257 e. The minimum Gasteiger partial charge on any atom is -0.308 e. The second-order valence-electron chi connectivity index (χ2n) is 6.14. The number of hydroxylamine groups is 3. The molecule has 0 rings (SSSR count). The summed E-state index contributed by atoms with van der Waals surface area (Å²) in [6.45, 7) is 3.01. The lowest BCUT2D eigenvalue weighted by molar-refractivity contribution is -0.166. The highest BCUT2D eigenvalue weighted by Crippen LogP contribution is 2.07. The number of hydrogen-bond acceptors (Lipinski definition) is 6. The van der Waals surface area contributed by atoms with Gasteiger partial charge >= 0.3 is 0 Å². The number of ketones is 1. The monoisotopic (exact) mass is 359 g/mol. The fourth-order valence-corrected chi connectivity index (χ4v) is 2.30. The van der Waals surface area contributed by atoms with Crippen LogP contribution in [-0.2, 0) is 14.4 Å². The van der Waals surface area contributed by atoms with Gasteiger partial charge in [0.2, 0.25) is 5.91 Å². The van der Waals surface area contributed by atoms with Crippen LogP contribution in [0.5, 0.6) is 0 Å². The van der Waals surface area contributed by atoms with Crippen LogP contribution >= 0.6 is 0 Å². The number of carbonyl (C=O) groups is 3. The molecule has 0 bridgehead atoms. The lowest BCUT2D eigenvalue weighted by Gasteiger charge is -2.14. The Kier molecular flexibility index (Phi) is 15.0. The van der Waals surface area contributed by atoms with Gasteiger partial charge in [0.15, 0.2) is 0 Å². The molecule has 0 aliphatic heterocycles. The first-order valence-electron chi connectivity index (χ1n) is 9.15. The van der Waals surface area contributed by atoms with E-state index in [0.29, 0.717) is 24.4 Å². The van der Waals surface area contributed by atoms with Gasteiger partial charge in [-0.15, -0.1) is 0 Å². The van der Waals surface area contributed by atoms with Crippen molar-refractivity contribution < 1.29 is 24.8 Å². The number of carbonyl (C=O) groups excluding carboxylic acids is 3. The first-order chi connectivity index (χ1) is 12.0. The molecule has 0 spiro atoms. The van der Waals surface area contributed by atoms with E-state index in [1.807, 2.05) is 0 Å². The fraction of sp³-hybridized carbons (Fsp3) is 0.824. The van der Waals surface area contributed by atoms with Gasteiger partial charge in [0, 0.05) is 25.8 Å². The molecule has 0 radical (unpaired) electrons. The minimum absolute atomic E-state index is 0.0492. The smallest absolute Gasteiger partial charge is 0.257 e. The summed E-state index contributed by atoms with van der Waals surface area (Å²) in [7, 11) is 0. The number of unbranched alkanes of at least 4 members (excludes halogenated alkanes) is 5. The number of amides is 2. The lowest BCUT2D eigenvalue weighted by Crippen LogP contribution is -2.32. The van der Waals surface area contributed by atoms with Gasteiger partial charge in [-0.25, -0.2) is 10.5 Å². The Hall–Kier alpha value is -1.51. The van der Waals surface area contributed by atoms with Gasteiger partial charge in [0.25, 0.3) is 5.91 Å². The lowest BCUT2D eigenvalue weighted by atomic mass is 10.1. The molecule has 0 aromatic carbocycles. The van der Waals surface area contributed by atoms with Crippen LogP contribution in [-0.4, -0.2) is 52.7 Å². The first kappa shape index (κ1) is 23.5. The second kappa shape index (κ2) is 16.0. The van der Waals surface area contributed by atoms with Crippen molar-refractivity contribution in [2.45, 2.75) is 71.1 Å². The molecule has 0 atom stereocenters. The summed E-state index contributed by atoms with van der Waals surface area (Å²) in [6, 6.07) is 0. The number of hydrogen-bond donors (Lipinski definition) is 4. The third kappa shape index (κ3) is 14.5. The first-order valence-corrected chi connectivity index (χ1v) is 9.15. The predicted molar refractivity (Wildman–Crippen MR) is 93.1 cm³/mol. The zero-order valence-electron chi connectivity index (χ0n) is 15.3. The predicted octanol–water partition coefficient (Wildman–Crippen LogP) is 1.79. The van der Waals surface area contributed by atoms with E-state index in [4.69, 9.17) is 5.21 Å². The molecule has 0 unspecified atom stereocenters. The van der Waals surface area contributed by atoms with Gasteiger partial charge in [-0.1, -0.05) is 32.6 Å². The topological polar surface area (TPSA) is 119 Å². The average molecular weight is 359 g/mol. The van der Waals surface area contributed by atoms with Gasteiger partial charge in [-0.2, -0.15) is 0 Å². The molecule has 2 amide bonds. The molecule has 0 aliphatic carbocycles. The van der Waals surface area contributed by atoms with E-state index in [9.17, 15) is 19.6 Å². The zero-order chi connectivity index (χ0) is 18.9. The van der Waals surface area contributed by atoms with Crippen LogP contribution in [0.4, 0.5) is 0 Å². The van der Waals surface area contributed by atoms with Gasteiger partial charge in [0.05, 0.1) is 6.54 Å². The van der Waals surface area contributed by atoms with Crippen molar-refractivity contribution in [1.82, 2.24) is 15.9 Å². The Labute approximate surface area is 149 Å². The van der Waals surface area contributed by atoms with Crippen LogP contribution in [0.3, 0.4) is 0 Å². The van der Waals surface area contributed by atoms with Crippen LogP contribution in [0, 0.1) is 0 Å². The summed E-state index contributed by atoms with van der Waals surface area (Å²) < 4.78 is 0. The molecular weight excluding hydrogens is 326 g/mol. The molecule has 0 heterocycles. The number of nitrogens with zero attached hydrogens (tertiary/aromatic N) is 1. The molecule has 0 aliphatic rings. The van der Waals surface area contributed by atoms with Crippen molar-refractivity contribution in [1.29, 1.82) is 0 Å². The van der Waals surface area contributed by atoms with Crippen molar-refractivity contribution in [3.8, 4) is 0 Å². The van der Waals surface area contributed by atoms with Crippen molar-refractivity contribution in [3.05, 3.63) is 0 Å². The molecule has 0 saturated carbocycles. The van der Waals surface area contributed by atoms with Crippen molar-refractivity contribution in [2.24, 2.45) is 0 Å². The summed E-state index contributed by atoms with van der Waals surface area (Å²) >= 11 is 0. The van der Waals surface area contributed by atoms with Crippen LogP contribution in [0.1, 0.15) is 71.1 Å². The molecule has 8 heteroatoms. The highest BCUT2D eigenvalue weighted by molar-refractivity contribution is 5.84. The summed E-state index contributed by atoms with van der Waals surface area (Å²) in [4.78, 5) is 34.1. The van der Waals surface area contributed by atoms with Crippen LogP contribution in [0.25, 0.3) is 0 Å². The molecule has 8 nitrogen and oxygen atoms in total. The summed E-state index contributed by atoms with van der Waals surface area (Å²) in [6.07, 6.45) is 7.15. The molecular formula is C17H33N3O5. The van der Waals surface area contributed by atoms with Gasteiger partial charge in [0.1, 0.15) is 5.78 Å². The Morgan fingerprint density at radius 1 is 0.920 bits per heavy atom. The molecule has 0 fully saturated rings. The van der Waals surface area contributed by atoms with E-state index in [2.05, 4.69) is 12.2 Å². The molecule has 0 saturated heterocycles. The third-order valence-electron chi connectivity index (χ3n) is 3.85. The Bertz CT molecular complexity index is 390. The maximum atomic E-state index is 11.7. The molecule has 0 aromatic rings. The van der Waals surface area contributed by atoms with Gasteiger partial charge in [-0.05, 0) is 25.8 Å². The largest absolute Gasteiger partial charge is 0.308 e. The third-order valence-corrected chi connectivity index (χ3v) is 3.85. The SMILES string of the molecule is CCCCCCC(=O)CCC(=O)N(O)CCCCCNCC(=O)NO. The van der Waals surface area contributed by atoms with Crippen molar-refractivity contribution in [3.63, 3.8) is 0 Å². The Morgan fingerprint density at radius 3 is 2.32 bits per heavy atom. The Balaban J connectivity index is 3.58. The maximum absolute atomic E-state index is 11.7. The van der Waals surface area contributed by atoms with Crippen molar-refractivity contribution >= 4 is 17.6 Å². The normalized spacial score (nSPS) is 10.5. The van der Waals surface area contributed by atoms with Crippen LogP contribution < -0.4 is 10.8 Å². The van der Waals surface area contributed by atoms with E-state index in [1.54, 1.807) is 0 Å². The molecule has 146 valence electrons. The highest BCUT2D eigenvalue weighted by Gasteiger charge is 2.12. The number of nitrogens with one attached hydrogen (secondary N) is 2. The number of rotatable bonds is 16. The minimum atomic E-state index is -0.493. The highest BCUT2D eigenvalue weighted by atomic mass is 16.5.